The summed E-state index contributed by atoms with van der Waals surface area (Å²) in [4.78, 5) is 1.48. The van der Waals surface area contributed by atoms with Crippen molar-refractivity contribution in [2.45, 2.75) is 19.3 Å². The van der Waals surface area contributed by atoms with Crippen molar-refractivity contribution in [3.8, 4) is 12.1 Å². The molecule has 2 atom stereocenters. The van der Waals surface area contributed by atoms with Gasteiger partial charge in [0.05, 0.1) is 0 Å². The minimum Gasteiger partial charge on any atom is -0.458 e. The number of nitriles is 2. The number of rotatable bonds is 2. The van der Waals surface area contributed by atoms with E-state index in [4.69, 9.17) is 27.5 Å². The molecular formula is C9H9N3O2S. The van der Waals surface area contributed by atoms with E-state index >= 15 is 0 Å². The first kappa shape index (κ1) is 11.4. The molecular weight excluding hydrogens is 214 g/mol. The summed E-state index contributed by atoms with van der Waals surface area (Å²) in [6.07, 6.45) is -0.405. The highest BCUT2D eigenvalue weighted by molar-refractivity contribution is 7.80. The van der Waals surface area contributed by atoms with Gasteiger partial charge in [-0.25, -0.2) is 0 Å². The van der Waals surface area contributed by atoms with Crippen LogP contribution in [0, 0.1) is 22.7 Å². The van der Waals surface area contributed by atoms with Crippen LogP contribution in [0.4, 0.5) is 0 Å². The molecule has 5 nitrogen and oxygen atoms in total. The van der Waals surface area contributed by atoms with Crippen LogP contribution in [0.15, 0.2) is 11.6 Å². The molecule has 1 aliphatic rings. The summed E-state index contributed by atoms with van der Waals surface area (Å²) in [5.74, 6) is 0. The van der Waals surface area contributed by atoms with Crippen LogP contribution in [0.3, 0.4) is 0 Å². The fraction of sp³-hybridized carbons (Fsp3) is 0.444. The summed E-state index contributed by atoms with van der Waals surface area (Å²) in [6, 6.07) is 3.39. The molecule has 15 heavy (non-hydrogen) atoms. The van der Waals surface area contributed by atoms with Crippen molar-refractivity contribution in [1.29, 1.82) is 10.5 Å². The summed E-state index contributed by atoms with van der Waals surface area (Å²) in [7, 11) is 0. The van der Waals surface area contributed by atoms with E-state index in [9.17, 15) is 5.11 Å². The van der Waals surface area contributed by atoms with Gasteiger partial charge >= 0.3 is 0 Å². The molecule has 0 radical (unpaired) electrons. The lowest BCUT2D eigenvalue weighted by atomic mass is 10.2. The molecule has 2 unspecified atom stereocenters. The molecule has 0 aliphatic carbocycles. The Balaban J connectivity index is 2.85. The average molecular weight is 223 g/mol. The van der Waals surface area contributed by atoms with Crippen LogP contribution in [0.5, 0.6) is 0 Å². The molecule has 78 valence electrons. The number of hydrogen-bond acceptors (Lipinski definition) is 5. The van der Waals surface area contributed by atoms with Crippen molar-refractivity contribution in [2.75, 3.05) is 6.54 Å². The first-order chi connectivity index (χ1) is 7.13. The van der Waals surface area contributed by atoms with Gasteiger partial charge in [0.15, 0.2) is 12.3 Å². The van der Waals surface area contributed by atoms with E-state index < -0.39 is 12.3 Å². The van der Waals surface area contributed by atoms with Gasteiger partial charge in [-0.3, -0.25) is 0 Å². The number of likely N-dealkylation sites (N-methyl/N-ethyl adjacent to an activating group) is 1. The molecule has 0 spiro atoms. The van der Waals surface area contributed by atoms with Gasteiger partial charge < -0.3 is 14.7 Å². The Hall–Kier alpha value is -1.63. The molecule has 1 aliphatic heterocycles. The summed E-state index contributed by atoms with van der Waals surface area (Å²) < 4.78 is 5.14. The Kier molecular flexibility index (Phi) is 3.62. The summed E-state index contributed by atoms with van der Waals surface area (Å²) in [6.45, 7) is 2.33. The highest BCUT2D eigenvalue weighted by atomic mass is 32.1. The molecule has 0 amide bonds. The molecule has 1 N–H and O–H groups in total. The van der Waals surface area contributed by atoms with E-state index in [1.807, 2.05) is 6.92 Å². The van der Waals surface area contributed by atoms with Crippen molar-refractivity contribution >= 4 is 17.4 Å². The minimum atomic E-state index is -0.931. The monoisotopic (exact) mass is 223 g/mol. The van der Waals surface area contributed by atoms with Crippen LogP contribution >= 0.6 is 12.2 Å². The van der Waals surface area contributed by atoms with Crippen molar-refractivity contribution < 1.29 is 9.84 Å². The van der Waals surface area contributed by atoms with Gasteiger partial charge in [-0.1, -0.05) is 0 Å². The minimum absolute atomic E-state index is 0.0974. The van der Waals surface area contributed by atoms with E-state index in [1.54, 1.807) is 12.1 Å². The summed E-state index contributed by atoms with van der Waals surface area (Å²) in [5.41, 5.74) is -0.0974. The van der Waals surface area contributed by atoms with E-state index in [1.165, 1.54) is 11.0 Å². The van der Waals surface area contributed by atoms with Crippen LogP contribution in [-0.2, 0) is 4.74 Å². The molecule has 0 bridgehead atoms. The van der Waals surface area contributed by atoms with Crippen molar-refractivity contribution in [3.05, 3.63) is 11.6 Å². The van der Waals surface area contributed by atoms with Crippen LogP contribution in [0.25, 0.3) is 0 Å². The SMILES string of the molecule is CCN1C(=S)OC(C=C(C#N)C#N)C1O. The zero-order valence-electron chi connectivity index (χ0n) is 8.04. The van der Waals surface area contributed by atoms with Crippen molar-refractivity contribution in [3.63, 3.8) is 0 Å². The van der Waals surface area contributed by atoms with Gasteiger partial charge in [-0.2, -0.15) is 10.5 Å². The molecule has 0 aromatic carbocycles. The van der Waals surface area contributed by atoms with Crippen molar-refractivity contribution in [2.24, 2.45) is 0 Å². The number of allylic oxidation sites excluding steroid dienone is 1. The van der Waals surface area contributed by atoms with E-state index in [0.29, 0.717) is 6.54 Å². The predicted molar refractivity (Wildman–Crippen MR) is 55.2 cm³/mol. The van der Waals surface area contributed by atoms with Gasteiger partial charge in [0, 0.05) is 6.54 Å². The van der Waals surface area contributed by atoms with Gasteiger partial charge in [-0.05, 0) is 25.2 Å². The Labute approximate surface area is 92.8 Å². The lowest BCUT2D eigenvalue weighted by molar-refractivity contribution is 0.0367. The molecule has 0 aromatic heterocycles. The number of nitrogens with zero attached hydrogens (tertiary/aromatic N) is 3. The van der Waals surface area contributed by atoms with Crippen LogP contribution in [0.1, 0.15) is 6.92 Å². The second-order valence-corrected chi connectivity index (χ2v) is 3.20. The van der Waals surface area contributed by atoms with Crippen LogP contribution in [0.2, 0.25) is 0 Å². The van der Waals surface area contributed by atoms with E-state index in [0.717, 1.165) is 0 Å². The molecule has 1 fully saturated rings. The second kappa shape index (κ2) is 4.74. The van der Waals surface area contributed by atoms with Crippen molar-refractivity contribution in [1.82, 2.24) is 4.90 Å². The fourth-order valence-electron chi connectivity index (χ4n) is 1.23. The third kappa shape index (κ3) is 2.24. The normalized spacial score (nSPS) is 24.0. The second-order valence-electron chi connectivity index (χ2n) is 2.85. The predicted octanol–water partition coefficient (Wildman–Crippen LogP) is 0.284. The molecule has 0 saturated carbocycles. The van der Waals surface area contributed by atoms with Gasteiger partial charge in [0.25, 0.3) is 5.17 Å². The number of thiocarbonyl (C=S) groups is 1. The highest BCUT2D eigenvalue weighted by Gasteiger charge is 2.35. The molecule has 1 heterocycles. The topological polar surface area (TPSA) is 80.3 Å². The average Bonchev–Trinajstić information content (AvgIpc) is 2.50. The van der Waals surface area contributed by atoms with E-state index in [-0.39, 0.29) is 10.7 Å². The maximum Gasteiger partial charge on any atom is 0.262 e. The standard InChI is InChI=1S/C9H9N3O2S/c1-2-12-8(13)7(14-9(12)15)3-6(4-10)5-11/h3,7-8,13H,2H2,1H3. The maximum atomic E-state index is 9.71. The van der Waals surface area contributed by atoms with Gasteiger partial charge in [-0.15, -0.1) is 0 Å². The molecule has 1 saturated heterocycles. The number of aliphatic hydroxyl groups is 1. The first-order valence-electron chi connectivity index (χ1n) is 4.31. The fourth-order valence-corrected chi connectivity index (χ4v) is 1.58. The molecule has 0 aromatic rings. The number of ether oxygens (including phenoxy) is 1. The maximum absolute atomic E-state index is 9.71. The Morgan fingerprint density at radius 3 is 2.67 bits per heavy atom. The first-order valence-corrected chi connectivity index (χ1v) is 4.72. The zero-order chi connectivity index (χ0) is 11.4. The third-order valence-electron chi connectivity index (χ3n) is 2.00. The lowest BCUT2D eigenvalue weighted by Gasteiger charge is -2.16. The smallest absolute Gasteiger partial charge is 0.262 e. The summed E-state index contributed by atoms with van der Waals surface area (Å²) in [5, 5.41) is 27.0. The summed E-state index contributed by atoms with van der Waals surface area (Å²) >= 11 is 4.87. The molecule has 6 heteroatoms. The quantitative estimate of drug-likeness (QED) is 0.535. The largest absolute Gasteiger partial charge is 0.458 e. The Morgan fingerprint density at radius 1 is 1.67 bits per heavy atom. The molecule has 1 rings (SSSR count). The zero-order valence-corrected chi connectivity index (χ0v) is 8.86. The van der Waals surface area contributed by atoms with Crippen LogP contribution in [-0.4, -0.2) is 34.1 Å². The van der Waals surface area contributed by atoms with Gasteiger partial charge in [0.1, 0.15) is 17.7 Å². The van der Waals surface area contributed by atoms with Gasteiger partial charge in [0.2, 0.25) is 0 Å². The number of hydrogen-bond donors (Lipinski definition) is 1. The lowest BCUT2D eigenvalue weighted by Crippen LogP contribution is -2.35. The van der Waals surface area contributed by atoms with E-state index in [2.05, 4.69) is 0 Å². The number of aliphatic hydroxyl groups excluding tert-OH is 1. The highest BCUT2D eigenvalue weighted by Crippen LogP contribution is 2.19. The Morgan fingerprint density at radius 2 is 2.27 bits per heavy atom. The third-order valence-corrected chi connectivity index (χ3v) is 2.33. The van der Waals surface area contributed by atoms with Crippen LogP contribution < -0.4 is 0 Å². The Bertz CT molecular complexity index is 364.